The van der Waals surface area contributed by atoms with Crippen molar-refractivity contribution in [3.63, 3.8) is 0 Å². The van der Waals surface area contributed by atoms with E-state index in [0.717, 1.165) is 38.2 Å². The van der Waals surface area contributed by atoms with E-state index in [1.807, 2.05) is 64.1 Å². The van der Waals surface area contributed by atoms with Crippen molar-refractivity contribution in [1.29, 1.82) is 0 Å². The van der Waals surface area contributed by atoms with Crippen LogP contribution in [0.1, 0.15) is 49.4 Å². The molecule has 4 aromatic rings. The highest BCUT2D eigenvalue weighted by atomic mass is 16.2. The Morgan fingerprint density at radius 3 is 2.19 bits per heavy atom. The van der Waals surface area contributed by atoms with Crippen LogP contribution in [0.15, 0.2) is 47.5 Å². The van der Waals surface area contributed by atoms with Gasteiger partial charge in [-0.1, -0.05) is 47.5 Å². The number of carbonyl (C=O) groups excluding carboxylic acids is 2. The van der Waals surface area contributed by atoms with Gasteiger partial charge >= 0.3 is 0 Å². The SMILES string of the molecule is Cc1ccc(CNC(=O)c2c(C)c3c(=O)n(CC(=O)Nc4c(C)cc(C)cc4C)ncn3c2C)cc1. The van der Waals surface area contributed by atoms with Gasteiger partial charge in [0.05, 0.1) is 5.56 Å². The first-order chi connectivity index (χ1) is 17.1. The number of aromatic nitrogens is 3. The molecule has 2 aromatic carbocycles. The lowest BCUT2D eigenvalue weighted by Gasteiger charge is -2.13. The van der Waals surface area contributed by atoms with E-state index in [1.54, 1.807) is 18.2 Å². The molecule has 36 heavy (non-hydrogen) atoms. The van der Waals surface area contributed by atoms with Crippen molar-refractivity contribution in [3.8, 4) is 0 Å². The minimum absolute atomic E-state index is 0.235. The van der Waals surface area contributed by atoms with E-state index in [4.69, 9.17) is 0 Å². The van der Waals surface area contributed by atoms with Crippen molar-refractivity contribution >= 4 is 23.0 Å². The first-order valence-corrected chi connectivity index (χ1v) is 11.9. The van der Waals surface area contributed by atoms with Gasteiger partial charge in [0.1, 0.15) is 18.4 Å². The van der Waals surface area contributed by atoms with Crippen LogP contribution in [-0.4, -0.2) is 26.0 Å². The van der Waals surface area contributed by atoms with E-state index in [9.17, 15) is 14.4 Å². The van der Waals surface area contributed by atoms with E-state index in [0.29, 0.717) is 28.9 Å². The molecule has 2 N–H and O–H groups in total. The van der Waals surface area contributed by atoms with Gasteiger partial charge in [0.2, 0.25) is 5.91 Å². The molecular formula is C28H31N5O3. The van der Waals surface area contributed by atoms with E-state index >= 15 is 0 Å². The fourth-order valence-electron chi connectivity index (χ4n) is 4.67. The highest BCUT2D eigenvalue weighted by molar-refractivity contribution is 5.99. The zero-order valence-electron chi connectivity index (χ0n) is 21.5. The minimum Gasteiger partial charge on any atom is -0.348 e. The van der Waals surface area contributed by atoms with Gasteiger partial charge in [-0.25, -0.2) is 4.68 Å². The number of hydrogen-bond acceptors (Lipinski definition) is 4. The Morgan fingerprint density at radius 1 is 0.917 bits per heavy atom. The Kier molecular flexibility index (Phi) is 6.79. The predicted molar refractivity (Wildman–Crippen MR) is 141 cm³/mol. The number of carbonyl (C=O) groups is 2. The van der Waals surface area contributed by atoms with Crippen molar-refractivity contribution in [3.05, 3.63) is 97.7 Å². The summed E-state index contributed by atoms with van der Waals surface area (Å²) in [6.07, 6.45) is 1.48. The maximum Gasteiger partial charge on any atom is 0.291 e. The van der Waals surface area contributed by atoms with Crippen molar-refractivity contribution < 1.29 is 9.59 Å². The number of fused-ring (bicyclic) bond motifs is 1. The summed E-state index contributed by atoms with van der Waals surface area (Å²) in [6, 6.07) is 11.9. The summed E-state index contributed by atoms with van der Waals surface area (Å²) in [5.41, 5.74) is 7.42. The molecule has 0 aliphatic heterocycles. The lowest BCUT2D eigenvalue weighted by molar-refractivity contribution is -0.117. The van der Waals surface area contributed by atoms with E-state index in [1.165, 1.54) is 6.33 Å². The highest BCUT2D eigenvalue weighted by Crippen LogP contribution is 2.22. The molecule has 186 valence electrons. The molecule has 0 saturated heterocycles. The molecule has 8 heteroatoms. The average Bonchev–Trinajstić information content (AvgIpc) is 3.07. The van der Waals surface area contributed by atoms with Crippen LogP contribution in [0.4, 0.5) is 5.69 Å². The number of benzene rings is 2. The monoisotopic (exact) mass is 485 g/mol. The number of anilines is 1. The molecule has 0 fully saturated rings. The molecule has 0 bridgehead atoms. The fourth-order valence-corrected chi connectivity index (χ4v) is 4.67. The molecule has 0 aliphatic rings. The van der Waals surface area contributed by atoms with Crippen LogP contribution in [0, 0.1) is 41.5 Å². The minimum atomic E-state index is -0.428. The zero-order valence-corrected chi connectivity index (χ0v) is 21.5. The molecule has 0 spiro atoms. The quantitative estimate of drug-likeness (QED) is 0.433. The largest absolute Gasteiger partial charge is 0.348 e. The molecular weight excluding hydrogens is 454 g/mol. The van der Waals surface area contributed by atoms with E-state index in [2.05, 4.69) is 15.7 Å². The number of nitrogens with one attached hydrogen (secondary N) is 2. The number of aryl methyl sites for hydroxylation is 6. The third kappa shape index (κ3) is 4.79. The molecule has 0 radical (unpaired) electrons. The van der Waals surface area contributed by atoms with Crippen LogP contribution in [-0.2, 0) is 17.9 Å². The van der Waals surface area contributed by atoms with Gasteiger partial charge in [-0.3, -0.25) is 18.8 Å². The zero-order chi connectivity index (χ0) is 26.1. The van der Waals surface area contributed by atoms with Gasteiger partial charge in [-0.05, 0) is 63.8 Å². The Hall–Kier alpha value is -4.20. The molecule has 0 unspecified atom stereocenters. The predicted octanol–water partition coefficient (Wildman–Crippen LogP) is 3.92. The van der Waals surface area contributed by atoms with Crippen molar-refractivity contribution in [2.45, 2.75) is 54.6 Å². The Bertz CT molecular complexity index is 1520. The van der Waals surface area contributed by atoms with Crippen LogP contribution in [0.5, 0.6) is 0 Å². The molecule has 2 heterocycles. The molecule has 8 nitrogen and oxygen atoms in total. The van der Waals surface area contributed by atoms with Gasteiger partial charge in [0.15, 0.2) is 0 Å². The normalized spacial score (nSPS) is 11.1. The van der Waals surface area contributed by atoms with E-state index in [-0.39, 0.29) is 18.4 Å². The number of hydrogen-bond donors (Lipinski definition) is 2. The Balaban J connectivity index is 1.58. The maximum absolute atomic E-state index is 13.3. The van der Waals surface area contributed by atoms with E-state index < -0.39 is 5.56 Å². The maximum atomic E-state index is 13.3. The van der Waals surface area contributed by atoms with Crippen LogP contribution in [0.3, 0.4) is 0 Å². The number of amides is 2. The second-order valence-corrected chi connectivity index (χ2v) is 9.39. The van der Waals surface area contributed by atoms with Crippen LogP contribution in [0.2, 0.25) is 0 Å². The Morgan fingerprint density at radius 2 is 1.56 bits per heavy atom. The van der Waals surface area contributed by atoms with Gasteiger partial charge in [0, 0.05) is 17.9 Å². The second-order valence-electron chi connectivity index (χ2n) is 9.39. The highest BCUT2D eigenvalue weighted by Gasteiger charge is 2.22. The summed E-state index contributed by atoms with van der Waals surface area (Å²) in [4.78, 5) is 39.1. The summed E-state index contributed by atoms with van der Waals surface area (Å²) < 4.78 is 2.74. The van der Waals surface area contributed by atoms with Crippen molar-refractivity contribution in [1.82, 2.24) is 19.5 Å². The molecule has 4 rings (SSSR count). The van der Waals surface area contributed by atoms with Gasteiger partial charge < -0.3 is 10.6 Å². The van der Waals surface area contributed by atoms with Gasteiger partial charge in [-0.15, -0.1) is 0 Å². The first kappa shape index (κ1) is 24.9. The lowest BCUT2D eigenvalue weighted by atomic mass is 10.1. The lowest BCUT2D eigenvalue weighted by Crippen LogP contribution is -2.31. The van der Waals surface area contributed by atoms with Crippen molar-refractivity contribution in [2.75, 3.05) is 5.32 Å². The van der Waals surface area contributed by atoms with Gasteiger partial charge in [0.25, 0.3) is 11.5 Å². The number of rotatable bonds is 6. The summed E-state index contributed by atoms with van der Waals surface area (Å²) in [6.45, 7) is 11.6. The molecule has 0 aliphatic carbocycles. The van der Waals surface area contributed by atoms with Crippen LogP contribution in [0.25, 0.3) is 5.52 Å². The third-order valence-corrected chi connectivity index (χ3v) is 6.47. The van der Waals surface area contributed by atoms with Gasteiger partial charge in [-0.2, -0.15) is 5.10 Å². The first-order valence-electron chi connectivity index (χ1n) is 11.9. The average molecular weight is 486 g/mol. The summed E-state index contributed by atoms with van der Waals surface area (Å²) >= 11 is 0. The Labute approximate surface area is 210 Å². The molecule has 0 saturated carbocycles. The molecule has 2 aromatic heterocycles. The van der Waals surface area contributed by atoms with Crippen LogP contribution >= 0.6 is 0 Å². The smallest absolute Gasteiger partial charge is 0.291 e. The van der Waals surface area contributed by atoms with Crippen LogP contribution < -0.4 is 16.2 Å². The third-order valence-electron chi connectivity index (χ3n) is 6.47. The topological polar surface area (TPSA) is 97.5 Å². The molecule has 2 amide bonds. The fraction of sp³-hybridized carbons (Fsp3) is 0.286. The standard InChI is InChI=1S/C28H31N5O3/c1-16-7-9-22(10-8-16)13-29-27(35)24-20(5)26-28(36)33(30-15-32(26)21(24)6)14-23(34)31-25-18(3)11-17(2)12-19(25)4/h7-12,15H,13-14H2,1-6H3,(H,29,35)(H,31,34). The summed E-state index contributed by atoms with van der Waals surface area (Å²) in [5.74, 6) is -0.607. The van der Waals surface area contributed by atoms with Crippen molar-refractivity contribution in [2.24, 2.45) is 0 Å². The summed E-state index contributed by atoms with van der Waals surface area (Å²) in [5, 5.41) is 10.0. The second kappa shape index (κ2) is 9.81. The molecule has 0 atom stereocenters. The number of nitrogens with zero attached hydrogens (tertiary/aromatic N) is 3. The summed E-state index contributed by atoms with van der Waals surface area (Å²) in [7, 11) is 0.